The van der Waals surface area contributed by atoms with Gasteiger partial charge in [0.25, 0.3) is 0 Å². The lowest BCUT2D eigenvalue weighted by Crippen LogP contribution is -1.91. The SMILES string of the molecule is CCc1ccc(Cc2ccc3c(c2)oc2ccccc23)c2oc3ccccc3c12. The van der Waals surface area contributed by atoms with Gasteiger partial charge in [0.05, 0.1) is 0 Å². The van der Waals surface area contributed by atoms with E-state index in [0.717, 1.165) is 35.2 Å². The highest BCUT2D eigenvalue weighted by Crippen LogP contribution is 2.35. The maximum Gasteiger partial charge on any atom is 0.139 e. The summed E-state index contributed by atoms with van der Waals surface area (Å²) in [5.74, 6) is 0. The number of fused-ring (bicyclic) bond motifs is 6. The van der Waals surface area contributed by atoms with Crippen molar-refractivity contribution in [1.29, 1.82) is 0 Å². The van der Waals surface area contributed by atoms with Crippen LogP contribution in [0.15, 0.2) is 87.7 Å². The predicted octanol–water partition coefficient (Wildman–Crippen LogP) is 7.64. The zero-order valence-corrected chi connectivity index (χ0v) is 16.2. The number of aryl methyl sites for hydroxylation is 1. The third-order valence-electron chi connectivity index (χ3n) is 5.91. The Labute approximate surface area is 168 Å². The second-order valence-corrected chi connectivity index (χ2v) is 7.65. The summed E-state index contributed by atoms with van der Waals surface area (Å²) in [5.41, 5.74) is 7.61. The second kappa shape index (κ2) is 6.25. The molecule has 0 aliphatic heterocycles. The molecule has 0 saturated carbocycles. The molecule has 140 valence electrons. The first kappa shape index (κ1) is 16.4. The number of furan rings is 2. The number of benzene rings is 4. The lowest BCUT2D eigenvalue weighted by Gasteiger charge is -2.06. The fraction of sp³-hybridized carbons (Fsp3) is 0.111. The first-order valence-electron chi connectivity index (χ1n) is 10.1. The Kier molecular flexibility index (Phi) is 3.54. The maximum atomic E-state index is 6.31. The summed E-state index contributed by atoms with van der Waals surface area (Å²) in [5, 5.41) is 4.79. The van der Waals surface area contributed by atoms with Crippen LogP contribution >= 0.6 is 0 Å². The van der Waals surface area contributed by atoms with E-state index in [-0.39, 0.29) is 0 Å². The molecule has 0 fully saturated rings. The van der Waals surface area contributed by atoms with Crippen molar-refractivity contribution in [3.05, 3.63) is 95.6 Å². The standard InChI is InChI=1S/C27H20O2/c1-2-18-12-13-19(27-26(18)22-8-4-6-10-24(22)29-27)15-17-11-14-21-20-7-3-5-9-23(20)28-25(21)16-17/h3-14,16H,2,15H2,1H3. The average molecular weight is 376 g/mol. The Hall–Kier alpha value is -3.52. The molecule has 6 rings (SSSR count). The lowest BCUT2D eigenvalue weighted by molar-refractivity contribution is 0.663. The van der Waals surface area contributed by atoms with Gasteiger partial charge in [0, 0.05) is 28.0 Å². The molecular formula is C27H20O2. The molecule has 0 saturated heterocycles. The van der Waals surface area contributed by atoms with E-state index >= 15 is 0 Å². The van der Waals surface area contributed by atoms with Crippen molar-refractivity contribution in [1.82, 2.24) is 0 Å². The zero-order chi connectivity index (χ0) is 19.4. The van der Waals surface area contributed by atoms with E-state index in [4.69, 9.17) is 8.83 Å². The topological polar surface area (TPSA) is 26.3 Å². The molecule has 4 aromatic carbocycles. The minimum Gasteiger partial charge on any atom is -0.456 e. The van der Waals surface area contributed by atoms with E-state index in [9.17, 15) is 0 Å². The summed E-state index contributed by atoms with van der Waals surface area (Å²) in [7, 11) is 0. The highest BCUT2D eigenvalue weighted by Gasteiger charge is 2.15. The lowest BCUT2D eigenvalue weighted by atomic mass is 9.97. The Balaban J connectivity index is 1.51. The van der Waals surface area contributed by atoms with Gasteiger partial charge >= 0.3 is 0 Å². The van der Waals surface area contributed by atoms with Crippen molar-refractivity contribution in [2.45, 2.75) is 19.8 Å². The van der Waals surface area contributed by atoms with Crippen LogP contribution in [-0.4, -0.2) is 0 Å². The first-order chi connectivity index (χ1) is 14.3. The van der Waals surface area contributed by atoms with Gasteiger partial charge in [0.1, 0.15) is 22.3 Å². The van der Waals surface area contributed by atoms with E-state index < -0.39 is 0 Å². The molecule has 2 heterocycles. The van der Waals surface area contributed by atoms with Crippen LogP contribution in [0.4, 0.5) is 0 Å². The van der Waals surface area contributed by atoms with Crippen molar-refractivity contribution in [2.75, 3.05) is 0 Å². The van der Waals surface area contributed by atoms with Crippen molar-refractivity contribution in [3.8, 4) is 0 Å². The molecule has 0 unspecified atom stereocenters. The third-order valence-corrected chi connectivity index (χ3v) is 5.91. The van der Waals surface area contributed by atoms with Crippen molar-refractivity contribution in [2.24, 2.45) is 0 Å². The van der Waals surface area contributed by atoms with E-state index in [0.29, 0.717) is 0 Å². The van der Waals surface area contributed by atoms with Crippen molar-refractivity contribution in [3.63, 3.8) is 0 Å². The van der Waals surface area contributed by atoms with E-state index in [1.165, 1.54) is 38.2 Å². The Morgan fingerprint density at radius 1 is 0.621 bits per heavy atom. The molecule has 0 aliphatic rings. The molecule has 29 heavy (non-hydrogen) atoms. The van der Waals surface area contributed by atoms with E-state index in [1.54, 1.807) is 0 Å². The fourth-order valence-corrected chi connectivity index (χ4v) is 4.48. The molecule has 0 radical (unpaired) electrons. The van der Waals surface area contributed by atoms with Crippen molar-refractivity contribution >= 4 is 43.9 Å². The molecule has 0 N–H and O–H groups in total. The molecule has 0 amide bonds. The number of hydrogen-bond acceptors (Lipinski definition) is 2. The zero-order valence-electron chi connectivity index (χ0n) is 16.2. The van der Waals surface area contributed by atoms with Gasteiger partial charge in [0.15, 0.2) is 0 Å². The van der Waals surface area contributed by atoms with Gasteiger partial charge in [0.2, 0.25) is 0 Å². The van der Waals surface area contributed by atoms with Crippen LogP contribution < -0.4 is 0 Å². The molecular weight excluding hydrogens is 356 g/mol. The molecule has 2 aromatic heterocycles. The summed E-state index contributed by atoms with van der Waals surface area (Å²) >= 11 is 0. The second-order valence-electron chi connectivity index (χ2n) is 7.65. The number of hydrogen-bond donors (Lipinski definition) is 0. The summed E-state index contributed by atoms with van der Waals surface area (Å²) in [4.78, 5) is 0. The Morgan fingerprint density at radius 2 is 1.31 bits per heavy atom. The van der Waals surface area contributed by atoms with Crippen molar-refractivity contribution < 1.29 is 8.83 Å². The minimum atomic E-state index is 0.813. The molecule has 0 bridgehead atoms. The fourth-order valence-electron chi connectivity index (χ4n) is 4.48. The molecule has 6 aromatic rings. The summed E-state index contributed by atoms with van der Waals surface area (Å²) in [6.45, 7) is 2.20. The van der Waals surface area contributed by atoms with Gasteiger partial charge in [-0.2, -0.15) is 0 Å². The molecule has 2 nitrogen and oxygen atoms in total. The smallest absolute Gasteiger partial charge is 0.139 e. The van der Waals surface area contributed by atoms with Gasteiger partial charge in [-0.25, -0.2) is 0 Å². The number of para-hydroxylation sites is 2. The quantitative estimate of drug-likeness (QED) is 0.317. The highest BCUT2D eigenvalue weighted by molar-refractivity contribution is 6.08. The van der Waals surface area contributed by atoms with Crippen LogP contribution in [0, 0.1) is 0 Å². The molecule has 0 aliphatic carbocycles. The van der Waals surface area contributed by atoms with Crippen LogP contribution in [0.5, 0.6) is 0 Å². The minimum absolute atomic E-state index is 0.813. The van der Waals surface area contributed by atoms with E-state index in [2.05, 4.69) is 67.6 Å². The van der Waals surface area contributed by atoms with Crippen LogP contribution in [0.1, 0.15) is 23.6 Å². The van der Waals surface area contributed by atoms with Crippen LogP contribution in [0.2, 0.25) is 0 Å². The van der Waals surface area contributed by atoms with Gasteiger partial charge in [-0.05, 0) is 41.3 Å². The van der Waals surface area contributed by atoms with Gasteiger partial charge in [-0.3, -0.25) is 0 Å². The van der Waals surface area contributed by atoms with Crippen LogP contribution in [0.3, 0.4) is 0 Å². The summed E-state index contributed by atoms with van der Waals surface area (Å²) < 4.78 is 12.4. The van der Waals surface area contributed by atoms with Crippen LogP contribution in [0.25, 0.3) is 43.9 Å². The van der Waals surface area contributed by atoms with Gasteiger partial charge < -0.3 is 8.83 Å². The maximum absolute atomic E-state index is 6.31. The Morgan fingerprint density at radius 3 is 2.14 bits per heavy atom. The third kappa shape index (κ3) is 2.49. The molecule has 0 atom stereocenters. The average Bonchev–Trinajstić information content (AvgIpc) is 3.32. The summed E-state index contributed by atoms with van der Waals surface area (Å²) in [6, 6.07) is 27.5. The van der Waals surface area contributed by atoms with E-state index in [1.807, 2.05) is 18.2 Å². The normalized spacial score (nSPS) is 11.9. The highest BCUT2D eigenvalue weighted by atomic mass is 16.3. The monoisotopic (exact) mass is 376 g/mol. The Bertz CT molecular complexity index is 1510. The first-order valence-corrected chi connectivity index (χ1v) is 10.1. The molecule has 2 heteroatoms. The van der Waals surface area contributed by atoms with Crippen LogP contribution in [-0.2, 0) is 12.8 Å². The number of rotatable bonds is 3. The largest absolute Gasteiger partial charge is 0.456 e. The van der Waals surface area contributed by atoms with Gasteiger partial charge in [-0.1, -0.05) is 67.6 Å². The summed E-state index contributed by atoms with van der Waals surface area (Å²) in [6.07, 6.45) is 1.80. The molecule has 0 spiro atoms. The predicted molar refractivity (Wildman–Crippen MR) is 120 cm³/mol. The van der Waals surface area contributed by atoms with Gasteiger partial charge in [-0.15, -0.1) is 0 Å².